The molecule has 1 aromatic carbocycles. The van der Waals surface area contributed by atoms with Gasteiger partial charge in [0, 0.05) is 17.6 Å². The summed E-state index contributed by atoms with van der Waals surface area (Å²) in [7, 11) is 1.42. The maximum absolute atomic E-state index is 13.4. The van der Waals surface area contributed by atoms with Crippen LogP contribution < -0.4 is 16.0 Å². The highest BCUT2D eigenvalue weighted by molar-refractivity contribution is 5.96. The predicted octanol–water partition coefficient (Wildman–Crippen LogP) is 1.54. The Hall–Kier alpha value is -2.39. The number of nitrogens with one attached hydrogen (secondary N) is 1. The number of nitrogens with zero attached hydrogens (tertiary/aromatic N) is 2. The van der Waals surface area contributed by atoms with Gasteiger partial charge in [0.25, 0.3) is 0 Å². The van der Waals surface area contributed by atoms with Gasteiger partial charge in [-0.05, 0) is 6.07 Å². The molecular weight excluding hydrogens is 223 g/mol. The van der Waals surface area contributed by atoms with Crippen molar-refractivity contribution in [3.63, 3.8) is 0 Å². The lowest BCUT2D eigenvalue weighted by atomic mass is 10.1. The molecule has 0 fully saturated rings. The number of ether oxygens (including phenoxy) is 1. The molecule has 0 bridgehead atoms. The normalized spacial score (nSPS) is 10.0. The molecule has 0 aliphatic rings. The molecule has 5 nitrogen and oxygen atoms in total. The van der Waals surface area contributed by atoms with Crippen molar-refractivity contribution in [2.45, 2.75) is 0 Å². The molecule has 0 aliphatic heterocycles. The largest absolute Gasteiger partial charge is 0.494 e. The van der Waals surface area contributed by atoms with E-state index in [1.165, 1.54) is 25.4 Å². The van der Waals surface area contributed by atoms with Crippen LogP contribution in [0.15, 0.2) is 18.3 Å². The topological polar surface area (TPSA) is 84.0 Å². The Balaban J connectivity index is 2.90. The number of aromatic nitrogens is 1. The molecule has 2 aromatic rings. The standard InChI is InChI=1S/C11H9FN4O/c1-17-9-3-7(12)2-8-10(16-14)6(4-13)5-15-11(8)9/h2-3,5H,14H2,1H3,(H,15,16). The molecule has 0 spiro atoms. The first-order chi connectivity index (χ1) is 8.21. The second kappa shape index (κ2) is 4.23. The van der Waals surface area contributed by atoms with E-state index in [1.807, 2.05) is 6.07 Å². The van der Waals surface area contributed by atoms with E-state index in [0.29, 0.717) is 22.3 Å². The van der Waals surface area contributed by atoms with Crippen LogP contribution in [0.3, 0.4) is 0 Å². The second-order valence-electron chi connectivity index (χ2n) is 3.31. The zero-order chi connectivity index (χ0) is 12.4. The van der Waals surface area contributed by atoms with Gasteiger partial charge in [-0.2, -0.15) is 5.26 Å². The van der Waals surface area contributed by atoms with Gasteiger partial charge in [-0.25, -0.2) is 4.39 Å². The van der Waals surface area contributed by atoms with E-state index in [-0.39, 0.29) is 5.56 Å². The van der Waals surface area contributed by atoms with Gasteiger partial charge >= 0.3 is 0 Å². The fourth-order valence-corrected chi connectivity index (χ4v) is 1.63. The van der Waals surface area contributed by atoms with Crippen LogP contribution in [0.5, 0.6) is 5.75 Å². The van der Waals surface area contributed by atoms with Gasteiger partial charge in [-0.1, -0.05) is 0 Å². The molecule has 3 N–H and O–H groups in total. The van der Waals surface area contributed by atoms with Gasteiger partial charge in [0.1, 0.15) is 23.2 Å². The summed E-state index contributed by atoms with van der Waals surface area (Å²) in [6, 6.07) is 4.40. The summed E-state index contributed by atoms with van der Waals surface area (Å²) >= 11 is 0. The minimum absolute atomic E-state index is 0.243. The van der Waals surface area contributed by atoms with Crippen LogP contribution in [-0.4, -0.2) is 12.1 Å². The molecule has 1 heterocycles. The van der Waals surface area contributed by atoms with Crippen molar-refractivity contribution in [2.24, 2.45) is 5.84 Å². The lowest BCUT2D eigenvalue weighted by molar-refractivity contribution is 0.415. The molecule has 86 valence electrons. The quantitative estimate of drug-likeness (QED) is 0.606. The Labute approximate surface area is 96.6 Å². The number of pyridine rings is 1. The van der Waals surface area contributed by atoms with Crippen molar-refractivity contribution in [1.82, 2.24) is 4.98 Å². The van der Waals surface area contributed by atoms with Gasteiger partial charge in [0.2, 0.25) is 0 Å². The Bertz CT molecular complexity index is 621. The maximum atomic E-state index is 13.4. The molecule has 0 unspecified atom stereocenters. The SMILES string of the molecule is COc1cc(F)cc2c(NN)c(C#N)cnc12. The molecule has 6 heteroatoms. The zero-order valence-corrected chi connectivity index (χ0v) is 8.99. The van der Waals surface area contributed by atoms with E-state index in [2.05, 4.69) is 10.4 Å². The van der Waals surface area contributed by atoms with E-state index < -0.39 is 5.82 Å². The highest BCUT2D eigenvalue weighted by Gasteiger charge is 2.12. The van der Waals surface area contributed by atoms with E-state index in [1.54, 1.807) is 0 Å². The number of rotatable bonds is 2. The van der Waals surface area contributed by atoms with Crippen molar-refractivity contribution < 1.29 is 9.13 Å². The van der Waals surface area contributed by atoms with Crippen LogP contribution in [-0.2, 0) is 0 Å². The predicted molar refractivity (Wildman–Crippen MR) is 60.8 cm³/mol. The summed E-state index contributed by atoms with van der Waals surface area (Å²) in [5.41, 5.74) is 3.40. The molecule has 0 radical (unpaired) electrons. The lowest BCUT2D eigenvalue weighted by Crippen LogP contribution is -2.09. The molecule has 0 aliphatic carbocycles. The number of hydrogen-bond acceptors (Lipinski definition) is 5. The van der Waals surface area contributed by atoms with Crippen molar-refractivity contribution in [3.05, 3.63) is 29.7 Å². The number of fused-ring (bicyclic) bond motifs is 1. The zero-order valence-electron chi connectivity index (χ0n) is 8.99. The fourth-order valence-electron chi connectivity index (χ4n) is 1.63. The van der Waals surface area contributed by atoms with Crippen molar-refractivity contribution >= 4 is 16.6 Å². The van der Waals surface area contributed by atoms with E-state index in [9.17, 15) is 4.39 Å². The average molecular weight is 232 g/mol. The number of nitrogen functional groups attached to an aromatic ring is 1. The summed E-state index contributed by atoms with van der Waals surface area (Å²) in [5.74, 6) is 5.15. The number of benzene rings is 1. The van der Waals surface area contributed by atoms with Crippen molar-refractivity contribution in [3.8, 4) is 11.8 Å². The highest BCUT2D eigenvalue weighted by atomic mass is 19.1. The summed E-state index contributed by atoms with van der Waals surface area (Å²) in [4.78, 5) is 4.06. The smallest absolute Gasteiger partial charge is 0.148 e. The van der Waals surface area contributed by atoms with Crippen LogP contribution in [0.2, 0.25) is 0 Å². The molecule has 0 atom stereocenters. The summed E-state index contributed by atoms with van der Waals surface area (Å²) < 4.78 is 18.4. The van der Waals surface area contributed by atoms with Gasteiger partial charge in [0.15, 0.2) is 0 Å². The Morgan fingerprint density at radius 3 is 2.88 bits per heavy atom. The maximum Gasteiger partial charge on any atom is 0.148 e. The van der Waals surface area contributed by atoms with Crippen molar-refractivity contribution in [2.75, 3.05) is 12.5 Å². The number of anilines is 1. The van der Waals surface area contributed by atoms with Crippen LogP contribution in [0.25, 0.3) is 10.9 Å². The van der Waals surface area contributed by atoms with Gasteiger partial charge < -0.3 is 10.2 Å². The Kier molecular flexibility index (Phi) is 2.77. The summed E-state index contributed by atoms with van der Waals surface area (Å²) in [5, 5.41) is 9.30. The molecule has 17 heavy (non-hydrogen) atoms. The molecule has 1 aromatic heterocycles. The highest BCUT2D eigenvalue weighted by Crippen LogP contribution is 2.31. The first kappa shape index (κ1) is 11.1. The Morgan fingerprint density at radius 2 is 2.29 bits per heavy atom. The van der Waals surface area contributed by atoms with Crippen molar-refractivity contribution in [1.29, 1.82) is 5.26 Å². The minimum Gasteiger partial charge on any atom is -0.494 e. The number of hydrazine groups is 1. The average Bonchev–Trinajstić information content (AvgIpc) is 2.36. The number of halogens is 1. The van der Waals surface area contributed by atoms with Gasteiger partial charge in [-0.3, -0.25) is 10.8 Å². The van der Waals surface area contributed by atoms with Gasteiger partial charge in [-0.15, -0.1) is 0 Å². The van der Waals surface area contributed by atoms with E-state index in [0.717, 1.165) is 0 Å². The first-order valence-electron chi connectivity index (χ1n) is 4.74. The van der Waals surface area contributed by atoms with Crippen LogP contribution in [0.4, 0.5) is 10.1 Å². The first-order valence-corrected chi connectivity index (χ1v) is 4.74. The summed E-state index contributed by atoms with van der Waals surface area (Å²) in [6.07, 6.45) is 1.36. The van der Waals surface area contributed by atoms with E-state index in [4.69, 9.17) is 15.8 Å². The lowest BCUT2D eigenvalue weighted by Gasteiger charge is -2.10. The second-order valence-corrected chi connectivity index (χ2v) is 3.31. The van der Waals surface area contributed by atoms with Gasteiger partial charge in [0.05, 0.1) is 18.4 Å². The number of methoxy groups -OCH3 is 1. The Morgan fingerprint density at radius 1 is 1.53 bits per heavy atom. The van der Waals surface area contributed by atoms with Crippen LogP contribution in [0.1, 0.15) is 5.56 Å². The number of nitriles is 1. The molecule has 2 rings (SSSR count). The fraction of sp³-hybridized carbons (Fsp3) is 0.0909. The minimum atomic E-state index is -0.484. The molecular formula is C11H9FN4O. The monoisotopic (exact) mass is 232 g/mol. The van der Waals surface area contributed by atoms with E-state index >= 15 is 0 Å². The molecule has 0 saturated carbocycles. The third-order valence-electron chi connectivity index (χ3n) is 2.39. The van der Waals surface area contributed by atoms with Crippen LogP contribution in [0, 0.1) is 17.1 Å². The summed E-state index contributed by atoms with van der Waals surface area (Å²) in [6.45, 7) is 0. The molecule has 0 amide bonds. The third-order valence-corrected chi connectivity index (χ3v) is 2.39. The third kappa shape index (κ3) is 1.73. The number of nitrogens with two attached hydrogens (primary N) is 1. The number of hydrogen-bond donors (Lipinski definition) is 2. The van der Waals surface area contributed by atoms with Crippen LogP contribution >= 0.6 is 0 Å². The molecule has 0 saturated heterocycles.